The van der Waals surface area contributed by atoms with Gasteiger partial charge in [-0.2, -0.15) is 0 Å². The number of ether oxygens (including phenoxy) is 2. The summed E-state index contributed by atoms with van der Waals surface area (Å²) in [6.07, 6.45) is 1.48. The molecule has 1 aromatic heterocycles. The summed E-state index contributed by atoms with van der Waals surface area (Å²) in [7, 11) is 3.21. The normalized spacial score (nSPS) is 10.6. The highest BCUT2D eigenvalue weighted by Crippen LogP contribution is 2.35. The van der Waals surface area contributed by atoms with Crippen LogP contribution in [-0.4, -0.2) is 24.2 Å². The minimum absolute atomic E-state index is 0.127. The molecule has 0 aliphatic rings. The van der Waals surface area contributed by atoms with E-state index in [0.29, 0.717) is 34.5 Å². The summed E-state index contributed by atoms with van der Waals surface area (Å²) in [4.78, 5) is 8.73. The van der Waals surface area contributed by atoms with E-state index < -0.39 is 0 Å². The van der Waals surface area contributed by atoms with Gasteiger partial charge in [0.05, 0.1) is 25.9 Å². The highest BCUT2D eigenvalue weighted by Gasteiger charge is 2.18. The molecule has 4 rings (SSSR count). The Morgan fingerprint density at radius 1 is 0.781 bits per heavy atom. The van der Waals surface area contributed by atoms with Crippen molar-refractivity contribution in [2.24, 2.45) is 0 Å². The molecule has 0 atom stereocenters. The number of nitrogens with one attached hydrogen (secondary N) is 2. The topological polar surface area (TPSA) is 94.3 Å². The molecule has 0 aliphatic carbocycles. The summed E-state index contributed by atoms with van der Waals surface area (Å²) in [5, 5.41) is 6.73. The molecule has 0 radical (unpaired) electrons. The van der Waals surface area contributed by atoms with Crippen LogP contribution in [0.5, 0.6) is 11.5 Å². The van der Waals surface area contributed by atoms with Crippen LogP contribution in [-0.2, 0) is 0 Å². The van der Waals surface area contributed by atoms with Gasteiger partial charge in [0.1, 0.15) is 23.5 Å². The van der Waals surface area contributed by atoms with Crippen LogP contribution in [0.3, 0.4) is 0 Å². The van der Waals surface area contributed by atoms with E-state index in [4.69, 9.17) is 15.2 Å². The van der Waals surface area contributed by atoms with Crippen LogP contribution in [0.15, 0.2) is 85.2 Å². The number of nitrogen functional groups attached to an aromatic ring is 1. The molecule has 0 saturated carbocycles. The fraction of sp³-hybridized carbons (Fsp3) is 0.120. The Morgan fingerprint density at radius 2 is 1.41 bits per heavy atom. The molecule has 0 fully saturated rings. The Labute approximate surface area is 187 Å². The average molecular weight is 428 g/mol. The largest absolute Gasteiger partial charge is 0.497 e. The van der Waals surface area contributed by atoms with Gasteiger partial charge < -0.3 is 25.8 Å². The van der Waals surface area contributed by atoms with Crippen LogP contribution in [0.1, 0.15) is 17.2 Å². The SMILES string of the molecule is COc1ccc(Nc2ncnc(NC(c3ccccc3)c3ccccc3)c2N)c(OC)c1. The van der Waals surface area contributed by atoms with E-state index in [2.05, 4.69) is 44.9 Å². The zero-order valence-corrected chi connectivity index (χ0v) is 17.9. The van der Waals surface area contributed by atoms with Gasteiger partial charge in [-0.05, 0) is 23.3 Å². The lowest BCUT2D eigenvalue weighted by atomic mass is 9.99. The maximum atomic E-state index is 6.47. The van der Waals surface area contributed by atoms with Gasteiger partial charge in [0.2, 0.25) is 0 Å². The predicted molar refractivity (Wildman–Crippen MR) is 128 cm³/mol. The van der Waals surface area contributed by atoms with Crippen LogP contribution < -0.4 is 25.8 Å². The number of nitrogens with two attached hydrogens (primary N) is 1. The number of hydrogen-bond donors (Lipinski definition) is 3. The van der Waals surface area contributed by atoms with Crippen molar-refractivity contribution in [2.45, 2.75) is 6.04 Å². The van der Waals surface area contributed by atoms with E-state index in [1.54, 1.807) is 20.3 Å². The van der Waals surface area contributed by atoms with Gasteiger partial charge in [0.15, 0.2) is 11.6 Å². The summed E-state index contributed by atoms with van der Waals surface area (Å²) in [6, 6.07) is 25.7. The van der Waals surface area contributed by atoms with Crippen molar-refractivity contribution in [1.29, 1.82) is 0 Å². The van der Waals surface area contributed by atoms with Crippen molar-refractivity contribution in [3.05, 3.63) is 96.3 Å². The summed E-state index contributed by atoms with van der Waals surface area (Å²) in [5.74, 6) is 2.32. The number of hydrogen-bond acceptors (Lipinski definition) is 7. The highest BCUT2D eigenvalue weighted by molar-refractivity contribution is 5.79. The molecular weight excluding hydrogens is 402 g/mol. The molecule has 0 aliphatic heterocycles. The molecule has 0 saturated heterocycles. The van der Waals surface area contributed by atoms with Gasteiger partial charge in [-0.25, -0.2) is 9.97 Å². The van der Waals surface area contributed by atoms with Crippen molar-refractivity contribution in [3.63, 3.8) is 0 Å². The number of methoxy groups -OCH3 is 2. The lowest BCUT2D eigenvalue weighted by Crippen LogP contribution is -2.15. The zero-order valence-electron chi connectivity index (χ0n) is 17.9. The molecule has 7 nitrogen and oxygen atoms in total. The molecule has 0 amide bonds. The second kappa shape index (κ2) is 9.70. The number of rotatable bonds is 8. The molecule has 0 unspecified atom stereocenters. The Morgan fingerprint density at radius 3 is 2.00 bits per heavy atom. The summed E-state index contributed by atoms with van der Waals surface area (Å²) >= 11 is 0. The Bertz CT molecular complexity index is 1130. The molecule has 4 N–H and O–H groups in total. The van der Waals surface area contributed by atoms with Gasteiger partial charge in [-0.1, -0.05) is 60.7 Å². The quantitative estimate of drug-likeness (QED) is 0.363. The van der Waals surface area contributed by atoms with Gasteiger partial charge in [0.25, 0.3) is 0 Å². The maximum absolute atomic E-state index is 6.47. The van der Waals surface area contributed by atoms with Gasteiger partial charge in [0, 0.05) is 6.07 Å². The third-order valence-corrected chi connectivity index (χ3v) is 5.09. The van der Waals surface area contributed by atoms with Crippen LogP contribution >= 0.6 is 0 Å². The van der Waals surface area contributed by atoms with Gasteiger partial charge in [-0.15, -0.1) is 0 Å². The van der Waals surface area contributed by atoms with Gasteiger partial charge >= 0.3 is 0 Å². The lowest BCUT2D eigenvalue weighted by Gasteiger charge is -2.22. The Balaban J connectivity index is 1.66. The van der Waals surface area contributed by atoms with E-state index in [-0.39, 0.29) is 6.04 Å². The zero-order chi connectivity index (χ0) is 22.3. The van der Waals surface area contributed by atoms with Crippen LogP contribution in [0, 0.1) is 0 Å². The first-order valence-electron chi connectivity index (χ1n) is 10.2. The standard InChI is InChI=1S/C25H25N5O2/c1-31-19-13-14-20(21(15-19)32-2)29-24-22(26)25(28-16-27-24)30-23(17-9-5-3-6-10-17)18-11-7-4-8-12-18/h3-16,23H,26H2,1-2H3,(H2,27,28,29,30). The second-order valence-corrected chi connectivity index (χ2v) is 7.07. The molecular formula is C25H25N5O2. The van der Waals surface area contributed by atoms with E-state index in [1.807, 2.05) is 48.5 Å². The molecule has 162 valence electrons. The third kappa shape index (κ3) is 4.57. The number of aromatic nitrogens is 2. The second-order valence-electron chi connectivity index (χ2n) is 7.07. The smallest absolute Gasteiger partial charge is 0.159 e. The van der Waals surface area contributed by atoms with Crippen LogP contribution in [0.25, 0.3) is 0 Å². The molecule has 4 aromatic rings. The number of anilines is 4. The lowest BCUT2D eigenvalue weighted by molar-refractivity contribution is 0.395. The highest BCUT2D eigenvalue weighted by atomic mass is 16.5. The molecule has 0 spiro atoms. The fourth-order valence-electron chi connectivity index (χ4n) is 3.43. The summed E-state index contributed by atoms with van der Waals surface area (Å²) < 4.78 is 10.7. The third-order valence-electron chi connectivity index (χ3n) is 5.09. The minimum Gasteiger partial charge on any atom is -0.497 e. The summed E-state index contributed by atoms with van der Waals surface area (Å²) in [5.41, 5.74) is 9.79. The van der Waals surface area contributed by atoms with Crippen LogP contribution in [0.4, 0.5) is 23.0 Å². The number of nitrogens with zero attached hydrogens (tertiary/aromatic N) is 2. The van der Waals surface area contributed by atoms with E-state index in [9.17, 15) is 0 Å². The Hall–Kier alpha value is -4.26. The van der Waals surface area contributed by atoms with Crippen molar-refractivity contribution < 1.29 is 9.47 Å². The molecule has 3 aromatic carbocycles. The van der Waals surface area contributed by atoms with Crippen molar-refractivity contribution >= 4 is 23.0 Å². The fourth-order valence-corrected chi connectivity index (χ4v) is 3.43. The van der Waals surface area contributed by atoms with Crippen LogP contribution in [0.2, 0.25) is 0 Å². The van der Waals surface area contributed by atoms with Gasteiger partial charge in [-0.3, -0.25) is 0 Å². The monoisotopic (exact) mass is 427 g/mol. The van der Waals surface area contributed by atoms with Crippen molar-refractivity contribution in [1.82, 2.24) is 9.97 Å². The van der Waals surface area contributed by atoms with E-state index in [0.717, 1.165) is 11.1 Å². The van der Waals surface area contributed by atoms with E-state index in [1.165, 1.54) is 6.33 Å². The molecule has 1 heterocycles. The first kappa shape index (κ1) is 21.0. The van der Waals surface area contributed by atoms with Crippen molar-refractivity contribution in [3.8, 4) is 11.5 Å². The minimum atomic E-state index is -0.127. The van der Waals surface area contributed by atoms with E-state index >= 15 is 0 Å². The molecule has 0 bridgehead atoms. The first-order chi connectivity index (χ1) is 15.7. The summed E-state index contributed by atoms with van der Waals surface area (Å²) in [6.45, 7) is 0. The molecule has 7 heteroatoms. The molecule has 32 heavy (non-hydrogen) atoms. The Kier molecular flexibility index (Phi) is 6.36. The number of benzene rings is 3. The maximum Gasteiger partial charge on any atom is 0.159 e. The predicted octanol–water partition coefficient (Wildman–Crippen LogP) is 5.02. The van der Waals surface area contributed by atoms with Crippen molar-refractivity contribution in [2.75, 3.05) is 30.6 Å². The first-order valence-corrected chi connectivity index (χ1v) is 10.2. The average Bonchev–Trinajstić information content (AvgIpc) is 2.85.